The molecule has 1 aromatic heterocycles. The normalized spacial score (nSPS) is 12.4. The standard InChI is InChI=1S/C17H10N2O4S/c20-17(13-9-10-16(23-13)19(21)22)18-11-5-1-3-7-14(11)24-15-8-4-2-6-12(15)18/h1-10H. The van der Waals surface area contributed by atoms with Gasteiger partial charge in [0.1, 0.15) is 4.92 Å². The molecule has 24 heavy (non-hydrogen) atoms. The van der Waals surface area contributed by atoms with Crippen LogP contribution in [-0.2, 0) is 0 Å². The van der Waals surface area contributed by atoms with Crippen LogP contribution >= 0.6 is 11.8 Å². The summed E-state index contributed by atoms with van der Waals surface area (Å²) in [6.45, 7) is 0. The van der Waals surface area contributed by atoms with Gasteiger partial charge in [0.25, 0.3) is 5.91 Å². The van der Waals surface area contributed by atoms with Gasteiger partial charge in [-0.15, -0.1) is 0 Å². The molecule has 0 N–H and O–H groups in total. The maximum atomic E-state index is 13.0. The first kappa shape index (κ1) is 14.5. The fourth-order valence-electron chi connectivity index (χ4n) is 2.57. The van der Waals surface area contributed by atoms with Crippen LogP contribution in [0, 0.1) is 10.1 Å². The highest BCUT2D eigenvalue weighted by atomic mass is 32.2. The minimum atomic E-state index is -0.662. The van der Waals surface area contributed by atoms with Crippen LogP contribution in [0.4, 0.5) is 17.3 Å². The first-order chi connectivity index (χ1) is 11.6. The van der Waals surface area contributed by atoms with Crippen LogP contribution < -0.4 is 4.90 Å². The van der Waals surface area contributed by atoms with Crippen molar-refractivity contribution in [1.82, 2.24) is 0 Å². The summed E-state index contributed by atoms with van der Waals surface area (Å²) >= 11 is 1.58. The average Bonchev–Trinajstić information content (AvgIpc) is 3.09. The van der Waals surface area contributed by atoms with Crippen molar-refractivity contribution in [3.8, 4) is 0 Å². The molecule has 118 valence electrons. The molecule has 1 aliphatic heterocycles. The van der Waals surface area contributed by atoms with E-state index < -0.39 is 16.7 Å². The number of benzene rings is 2. The van der Waals surface area contributed by atoms with Gasteiger partial charge in [0.2, 0.25) is 0 Å². The SMILES string of the molecule is O=C(c1ccc([N+](=O)[O-])o1)N1c2ccccc2Sc2ccccc21. The molecule has 0 radical (unpaired) electrons. The minimum absolute atomic E-state index is 0.0711. The number of hydrogen-bond donors (Lipinski definition) is 0. The van der Waals surface area contributed by atoms with Gasteiger partial charge in [0.05, 0.1) is 17.4 Å². The van der Waals surface area contributed by atoms with Crippen LogP contribution in [0.25, 0.3) is 0 Å². The lowest BCUT2D eigenvalue weighted by Gasteiger charge is -2.30. The topological polar surface area (TPSA) is 76.6 Å². The van der Waals surface area contributed by atoms with E-state index in [0.717, 1.165) is 21.2 Å². The Balaban J connectivity index is 1.84. The molecule has 0 aliphatic carbocycles. The van der Waals surface area contributed by atoms with E-state index in [0.29, 0.717) is 0 Å². The van der Waals surface area contributed by atoms with E-state index in [2.05, 4.69) is 0 Å². The van der Waals surface area contributed by atoms with E-state index in [1.807, 2.05) is 48.5 Å². The smallest absolute Gasteiger partial charge is 0.395 e. The number of hydrogen-bond acceptors (Lipinski definition) is 5. The third kappa shape index (κ3) is 2.26. The Labute approximate surface area is 140 Å². The number of carbonyl (C=O) groups excluding carboxylic acids is 1. The molecule has 2 aromatic carbocycles. The van der Waals surface area contributed by atoms with Gasteiger partial charge in [-0.05, 0) is 30.3 Å². The monoisotopic (exact) mass is 338 g/mol. The number of nitro groups is 1. The molecule has 3 aromatic rings. The first-order valence-corrected chi connectivity index (χ1v) is 7.91. The summed E-state index contributed by atoms with van der Waals surface area (Å²) in [6.07, 6.45) is 0. The summed E-state index contributed by atoms with van der Waals surface area (Å²) in [6, 6.07) is 17.6. The molecule has 6 nitrogen and oxygen atoms in total. The lowest BCUT2D eigenvalue weighted by molar-refractivity contribution is -0.402. The number of nitrogens with zero attached hydrogens (tertiary/aromatic N) is 2. The third-order valence-corrected chi connectivity index (χ3v) is 4.75. The number of carbonyl (C=O) groups is 1. The van der Waals surface area contributed by atoms with Crippen molar-refractivity contribution in [2.75, 3.05) is 4.90 Å². The van der Waals surface area contributed by atoms with Gasteiger partial charge in [-0.2, -0.15) is 0 Å². The van der Waals surface area contributed by atoms with Crippen LogP contribution in [0.1, 0.15) is 10.6 Å². The quantitative estimate of drug-likeness (QED) is 0.503. The molecule has 0 fully saturated rings. The van der Waals surface area contributed by atoms with Crippen molar-refractivity contribution < 1.29 is 14.1 Å². The third-order valence-electron chi connectivity index (χ3n) is 3.62. The van der Waals surface area contributed by atoms with Gasteiger partial charge in [-0.25, -0.2) is 0 Å². The molecule has 7 heteroatoms. The van der Waals surface area contributed by atoms with E-state index in [4.69, 9.17) is 4.42 Å². The maximum Gasteiger partial charge on any atom is 0.433 e. The van der Waals surface area contributed by atoms with Gasteiger partial charge in [-0.3, -0.25) is 19.8 Å². The molecule has 1 aliphatic rings. The Morgan fingerprint density at radius 3 is 2.08 bits per heavy atom. The zero-order valence-electron chi connectivity index (χ0n) is 12.2. The van der Waals surface area contributed by atoms with E-state index in [1.165, 1.54) is 17.0 Å². The zero-order valence-corrected chi connectivity index (χ0v) is 13.0. The highest BCUT2D eigenvalue weighted by Crippen LogP contribution is 2.48. The Hall–Kier alpha value is -3.06. The van der Waals surface area contributed by atoms with E-state index in [1.54, 1.807) is 11.8 Å². The van der Waals surface area contributed by atoms with Gasteiger partial charge in [0, 0.05) is 9.79 Å². The lowest BCUT2D eigenvalue weighted by atomic mass is 10.2. The molecule has 1 amide bonds. The summed E-state index contributed by atoms with van der Waals surface area (Å²) in [7, 11) is 0. The molecule has 4 rings (SSSR count). The van der Waals surface area contributed by atoms with Crippen molar-refractivity contribution in [2.24, 2.45) is 0 Å². The molecule has 2 heterocycles. The highest BCUT2D eigenvalue weighted by Gasteiger charge is 2.31. The van der Waals surface area contributed by atoms with Crippen LogP contribution in [0.3, 0.4) is 0 Å². The summed E-state index contributed by atoms with van der Waals surface area (Å²) in [4.78, 5) is 26.5. The molecule has 0 saturated carbocycles. The minimum Gasteiger partial charge on any atom is -0.395 e. The fraction of sp³-hybridized carbons (Fsp3) is 0. The number of furan rings is 1. The molecular weight excluding hydrogens is 328 g/mol. The van der Waals surface area contributed by atoms with E-state index >= 15 is 0 Å². The second-order valence-corrected chi connectivity index (χ2v) is 6.16. The van der Waals surface area contributed by atoms with Gasteiger partial charge >= 0.3 is 5.88 Å². The summed E-state index contributed by atoms with van der Waals surface area (Å²) in [5.41, 5.74) is 1.45. The van der Waals surface area contributed by atoms with Crippen LogP contribution in [0.2, 0.25) is 0 Å². The highest BCUT2D eigenvalue weighted by molar-refractivity contribution is 7.99. The summed E-state index contributed by atoms with van der Waals surface area (Å²) < 4.78 is 5.09. The Morgan fingerprint density at radius 1 is 0.958 bits per heavy atom. The first-order valence-electron chi connectivity index (χ1n) is 7.10. The number of para-hydroxylation sites is 2. The molecule has 0 atom stereocenters. The predicted molar refractivity (Wildman–Crippen MR) is 88.8 cm³/mol. The summed E-state index contributed by atoms with van der Waals surface area (Å²) in [5, 5.41) is 10.8. The summed E-state index contributed by atoms with van der Waals surface area (Å²) in [5.74, 6) is -0.965. The van der Waals surface area contributed by atoms with Crippen molar-refractivity contribution in [3.05, 3.63) is 76.5 Å². The number of rotatable bonds is 2. The van der Waals surface area contributed by atoms with Crippen molar-refractivity contribution in [3.63, 3.8) is 0 Å². The Kier molecular flexibility index (Phi) is 3.35. The van der Waals surface area contributed by atoms with Gasteiger partial charge in [0.15, 0.2) is 5.76 Å². The van der Waals surface area contributed by atoms with Crippen LogP contribution in [-0.4, -0.2) is 10.8 Å². The van der Waals surface area contributed by atoms with Crippen molar-refractivity contribution in [1.29, 1.82) is 0 Å². The van der Waals surface area contributed by atoms with Crippen molar-refractivity contribution in [2.45, 2.75) is 9.79 Å². The fourth-order valence-corrected chi connectivity index (χ4v) is 3.63. The number of anilines is 2. The van der Waals surface area contributed by atoms with Crippen molar-refractivity contribution >= 4 is 34.9 Å². The molecule has 0 bridgehead atoms. The van der Waals surface area contributed by atoms with Gasteiger partial charge in [-0.1, -0.05) is 36.0 Å². The molecule has 0 unspecified atom stereocenters. The van der Waals surface area contributed by atoms with Gasteiger partial charge < -0.3 is 4.42 Å². The maximum absolute atomic E-state index is 13.0. The number of fused-ring (bicyclic) bond motifs is 2. The van der Waals surface area contributed by atoms with E-state index in [9.17, 15) is 14.9 Å². The zero-order chi connectivity index (χ0) is 16.7. The second-order valence-electron chi connectivity index (χ2n) is 5.07. The largest absolute Gasteiger partial charge is 0.433 e. The average molecular weight is 338 g/mol. The lowest BCUT2D eigenvalue weighted by Crippen LogP contribution is -2.28. The molecular formula is C17H10N2O4S. The Morgan fingerprint density at radius 2 is 1.54 bits per heavy atom. The predicted octanol–water partition coefficient (Wildman–Crippen LogP) is 4.63. The molecule has 0 saturated heterocycles. The molecule has 0 spiro atoms. The van der Waals surface area contributed by atoms with E-state index in [-0.39, 0.29) is 5.76 Å². The Bertz CT molecular complexity index is 921. The van der Waals surface area contributed by atoms with Crippen LogP contribution in [0.5, 0.6) is 0 Å². The second kappa shape index (κ2) is 5.54. The van der Waals surface area contributed by atoms with Crippen LogP contribution in [0.15, 0.2) is 74.9 Å². The number of amides is 1.